The van der Waals surface area contributed by atoms with E-state index < -0.39 is 0 Å². The second-order valence-corrected chi connectivity index (χ2v) is 5.63. The fourth-order valence-corrected chi connectivity index (χ4v) is 2.55. The van der Waals surface area contributed by atoms with Crippen molar-refractivity contribution in [3.05, 3.63) is 40.2 Å². The Labute approximate surface area is 112 Å². The lowest BCUT2D eigenvalue weighted by atomic mass is 10.3. The first-order valence-electron chi connectivity index (χ1n) is 6.14. The summed E-state index contributed by atoms with van der Waals surface area (Å²) < 4.78 is 0. The Kier molecular flexibility index (Phi) is 4.20. The lowest BCUT2D eigenvalue weighted by Gasteiger charge is -2.11. The molecule has 0 unspecified atom stereocenters. The predicted octanol–water partition coefficient (Wildman–Crippen LogP) is 3.38. The molecule has 0 saturated heterocycles. The molecule has 0 aliphatic heterocycles. The second-order valence-electron chi connectivity index (χ2n) is 4.37. The van der Waals surface area contributed by atoms with Gasteiger partial charge in [-0.25, -0.2) is 4.98 Å². The molecule has 2 aromatic rings. The predicted molar refractivity (Wildman–Crippen MR) is 79.6 cm³/mol. The third-order valence-electron chi connectivity index (χ3n) is 2.74. The number of thiophene rings is 1. The molecule has 0 atom stereocenters. The Bertz CT molecular complexity index is 488. The summed E-state index contributed by atoms with van der Waals surface area (Å²) in [4.78, 5) is 9.18. The van der Waals surface area contributed by atoms with E-state index >= 15 is 0 Å². The molecule has 2 rings (SSSR count). The van der Waals surface area contributed by atoms with Gasteiger partial charge in [-0.1, -0.05) is 6.92 Å². The van der Waals surface area contributed by atoms with Gasteiger partial charge in [0.1, 0.15) is 5.82 Å². The number of rotatable bonds is 5. The van der Waals surface area contributed by atoms with E-state index in [9.17, 15) is 0 Å². The highest BCUT2D eigenvalue weighted by atomic mass is 32.1. The van der Waals surface area contributed by atoms with Gasteiger partial charge in [-0.05, 0) is 30.7 Å². The van der Waals surface area contributed by atoms with E-state index in [1.54, 1.807) is 0 Å². The molecule has 96 valence electrons. The maximum absolute atomic E-state index is 4.38. The minimum atomic E-state index is 0.869. The molecule has 1 N–H and O–H groups in total. The van der Waals surface area contributed by atoms with E-state index in [0.29, 0.717) is 0 Å². The minimum Gasteiger partial charge on any atom is -0.379 e. The van der Waals surface area contributed by atoms with Crippen molar-refractivity contribution in [3.8, 4) is 0 Å². The Morgan fingerprint density at radius 3 is 2.50 bits per heavy atom. The smallest absolute Gasteiger partial charge is 0.128 e. The van der Waals surface area contributed by atoms with E-state index in [2.05, 4.69) is 35.4 Å². The highest BCUT2D eigenvalue weighted by Crippen LogP contribution is 2.19. The molecule has 0 spiro atoms. The zero-order chi connectivity index (χ0) is 13.0. The van der Waals surface area contributed by atoms with Gasteiger partial charge in [-0.2, -0.15) is 0 Å². The van der Waals surface area contributed by atoms with E-state index in [1.165, 1.54) is 9.75 Å². The van der Waals surface area contributed by atoms with Crippen LogP contribution in [-0.4, -0.2) is 19.1 Å². The SMILES string of the molecule is CCc1ccc(CNc2ccc(N(C)C)nc2)s1. The zero-order valence-corrected chi connectivity index (χ0v) is 11.9. The summed E-state index contributed by atoms with van der Waals surface area (Å²) in [6, 6.07) is 8.48. The number of aryl methyl sites for hydroxylation is 1. The van der Waals surface area contributed by atoms with Gasteiger partial charge in [0.25, 0.3) is 0 Å². The van der Waals surface area contributed by atoms with E-state index in [4.69, 9.17) is 0 Å². The van der Waals surface area contributed by atoms with Crippen LogP contribution in [-0.2, 0) is 13.0 Å². The summed E-state index contributed by atoms with van der Waals surface area (Å²) in [5.41, 5.74) is 1.06. The number of nitrogens with one attached hydrogen (secondary N) is 1. The summed E-state index contributed by atoms with van der Waals surface area (Å²) in [6.07, 6.45) is 2.99. The number of nitrogens with zero attached hydrogens (tertiary/aromatic N) is 2. The Hall–Kier alpha value is -1.55. The van der Waals surface area contributed by atoms with Crippen LogP contribution in [0.2, 0.25) is 0 Å². The summed E-state index contributed by atoms with van der Waals surface area (Å²) in [5, 5.41) is 3.39. The van der Waals surface area contributed by atoms with Gasteiger partial charge >= 0.3 is 0 Å². The maximum Gasteiger partial charge on any atom is 0.128 e. The zero-order valence-electron chi connectivity index (χ0n) is 11.1. The van der Waals surface area contributed by atoms with E-state index in [1.807, 2.05) is 42.6 Å². The molecule has 0 aliphatic rings. The molecule has 3 nitrogen and oxygen atoms in total. The number of hydrogen-bond acceptors (Lipinski definition) is 4. The van der Waals surface area contributed by atoms with Crippen LogP contribution in [0.3, 0.4) is 0 Å². The van der Waals surface area contributed by atoms with Crippen molar-refractivity contribution in [3.63, 3.8) is 0 Å². The average Bonchev–Trinajstić information content (AvgIpc) is 2.85. The molecule has 0 saturated carbocycles. The monoisotopic (exact) mass is 261 g/mol. The van der Waals surface area contributed by atoms with Gasteiger partial charge in [0.2, 0.25) is 0 Å². The lowest BCUT2D eigenvalue weighted by molar-refractivity contribution is 1.06. The van der Waals surface area contributed by atoms with Crippen molar-refractivity contribution >= 4 is 22.8 Å². The van der Waals surface area contributed by atoms with Crippen molar-refractivity contribution in [2.75, 3.05) is 24.3 Å². The van der Waals surface area contributed by atoms with Gasteiger partial charge in [0.15, 0.2) is 0 Å². The average molecular weight is 261 g/mol. The summed E-state index contributed by atoms with van der Waals surface area (Å²) in [7, 11) is 3.99. The van der Waals surface area contributed by atoms with Crippen LogP contribution in [0.1, 0.15) is 16.7 Å². The summed E-state index contributed by atoms with van der Waals surface area (Å²) in [6.45, 7) is 3.06. The molecule has 2 aromatic heterocycles. The van der Waals surface area contributed by atoms with Gasteiger partial charge < -0.3 is 10.2 Å². The molecule has 4 heteroatoms. The number of pyridine rings is 1. The topological polar surface area (TPSA) is 28.2 Å². The van der Waals surface area contributed by atoms with Crippen LogP contribution in [0.15, 0.2) is 30.5 Å². The first-order valence-corrected chi connectivity index (χ1v) is 6.95. The van der Waals surface area contributed by atoms with Crippen LogP contribution in [0.5, 0.6) is 0 Å². The summed E-state index contributed by atoms with van der Waals surface area (Å²) in [5.74, 6) is 0.977. The fraction of sp³-hybridized carbons (Fsp3) is 0.357. The Morgan fingerprint density at radius 2 is 1.94 bits per heavy atom. The molecule has 18 heavy (non-hydrogen) atoms. The number of aromatic nitrogens is 1. The van der Waals surface area contributed by atoms with Gasteiger partial charge in [0, 0.05) is 30.4 Å². The largest absolute Gasteiger partial charge is 0.379 e. The van der Waals surface area contributed by atoms with Gasteiger partial charge in [0.05, 0.1) is 11.9 Å². The molecule has 0 aliphatic carbocycles. The normalized spacial score (nSPS) is 10.4. The van der Waals surface area contributed by atoms with Crippen LogP contribution >= 0.6 is 11.3 Å². The third-order valence-corrected chi connectivity index (χ3v) is 3.97. The highest BCUT2D eigenvalue weighted by molar-refractivity contribution is 7.12. The van der Waals surface area contributed by atoms with Crippen molar-refractivity contribution in [1.29, 1.82) is 0 Å². The molecular weight excluding hydrogens is 242 g/mol. The first kappa shape index (κ1) is 12.9. The van der Waals surface area contributed by atoms with Crippen molar-refractivity contribution in [2.24, 2.45) is 0 Å². The summed E-state index contributed by atoms with van der Waals surface area (Å²) >= 11 is 1.87. The molecule has 0 aromatic carbocycles. The molecule has 0 amide bonds. The molecule has 2 heterocycles. The van der Waals surface area contributed by atoms with Crippen molar-refractivity contribution in [2.45, 2.75) is 19.9 Å². The standard InChI is InChI=1S/C14H19N3S/c1-4-12-6-7-13(18-12)10-15-11-5-8-14(16-9-11)17(2)3/h5-9,15H,4,10H2,1-3H3. The molecule has 0 radical (unpaired) electrons. The number of anilines is 2. The molecule has 0 fully saturated rings. The van der Waals surface area contributed by atoms with E-state index in [0.717, 1.165) is 24.5 Å². The molecular formula is C14H19N3S. The quantitative estimate of drug-likeness (QED) is 0.894. The van der Waals surface area contributed by atoms with Crippen LogP contribution in [0.25, 0.3) is 0 Å². The van der Waals surface area contributed by atoms with Crippen molar-refractivity contribution in [1.82, 2.24) is 4.98 Å². The lowest BCUT2D eigenvalue weighted by Crippen LogP contribution is -2.10. The minimum absolute atomic E-state index is 0.869. The molecule has 0 bridgehead atoms. The van der Waals surface area contributed by atoms with Gasteiger partial charge in [-0.3, -0.25) is 0 Å². The van der Waals surface area contributed by atoms with Crippen molar-refractivity contribution < 1.29 is 0 Å². The Balaban J connectivity index is 1.93. The number of hydrogen-bond donors (Lipinski definition) is 1. The fourth-order valence-electron chi connectivity index (χ4n) is 1.65. The third kappa shape index (κ3) is 3.23. The van der Waals surface area contributed by atoms with Gasteiger partial charge in [-0.15, -0.1) is 11.3 Å². The van der Waals surface area contributed by atoms with Crippen LogP contribution in [0.4, 0.5) is 11.5 Å². The Morgan fingerprint density at radius 1 is 1.17 bits per heavy atom. The highest BCUT2D eigenvalue weighted by Gasteiger charge is 2.00. The second kappa shape index (κ2) is 5.87. The maximum atomic E-state index is 4.38. The first-order chi connectivity index (χ1) is 8.69. The van der Waals surface area contributed by atoms with Crippen LogP contribution < -0.4 is 10.2 Å². The van der Waals surface area contributed by atoms with E-state index in [-0.39, 0.29) is 0 Å². The van der Waals surface area contributed by atoms with Crippen LogP contribution in [0, 0.1) is 0 Å².